The Bertz CT molecular complexity index is 583. The van der Waals surface area contributed by atoms with Crippen molar-refractivity contribution in [3.05, 3.63) is 57.8 Å². The summed E-state index contributed by atoms with van der Waals surface area (Å²) in [7, 11) is 0. The molecule has 0 radical (unpaired) electrons. The predicted octanol–water partition coefficient (Wildman–Crippen LogP) is 4.02. The second-order valence-electron chi connectivity index (χ2n) is 4.36. The largest absolute Gasteiger partial charge is 0.388 e. The maximum atomic E-state index is 13.8. The van der Waals surface area contributed by atoms with Gasteiger partial charge in [0.15, 0.2) is 0 Å². The van der Waals surface area contributed by atoms with Crippen molar-refractivity contribution in [2.24, 2.45) is 0 Å². The van der Waals surface area contributed by atoms with Gasteiger partial charge in [-0.05, 0) is 46.1 Å². The SMILES string of the molecule is CCC(O)c1ccn(Cc2c(F)ccc(Br)c2F)c1. The molecule has 0 aliphatic heterocycles. The molecule has 0 bridgehead atoms. The first-order chi connectivity index (χ1) is 9.02. The molecule has 2 nitrogen and oxygen atoms in total. The summed E-state index contributed by atoms with van der Waals surface area (Å²) in [5, 5.41) is 9.69. The molecule has 1 aromatic carbocycles. The van der Waals surface area contributed by atoms with Gasteiger partial charge in [0, 0.05) is 18.0 Å². The minimum Gasteiger partial charge on any atom is -0.388 e. The van der Waals surface area contributed by atoms with Crippen LogP contribution in [-0.2, 0) is 6.54 Å². The van der Waals surface area contributed by atoms with Gasteiger partial charge < -0.3 is 9.67 Å². The molecule has 2 aromatic rings. The zero-order valence-corrected chi connectivity index (χ0v) is 12.0. The lowest BCUT2D eigenvalue weighted by molar-refractivity contribution is 0.173. The first kappa shape index (κ1) is 14.2. The summed E-state index contributed by atoms with van der Waals surface area (Å²) in [5.74, 6) is -1.17. The number of halogens is 3. The molecule has 19 heavy (non-hydrogen) atoms. The van der Waals surface area contributed by atoms with Crippen molar-refractivity contribution in [2.75, 3.05) is 0 Å². The number of aliphatic hydroxyl groups excluding tert-OH is 1. The number of hydrogen-bond donors (Lipinski definition) is 1. The summed E-state index contributed by atoms with van der Waals surface area (Å²) < 4.78 is 29.3. The number of rotatable bonds is 4. The van der Waals surface area contributed by atoms with E-state index < -0.39 is 17.7 Å². The molecule has 1 heterocycles. The molecule has 0 aliphatic carbocycles. The Morgan fingerprint density at radius 3 is 2.74 bits per heavy atom. The Kier molecular flexibility index (Phi) is 4.37. The van der Waals surface area contributed by atoms with E-state index in [-0.39, 0.29) is 16.6 Å². The van der Waals surface area contributed by atoms with Crippen LogP contribution < -0.4 is 0 Å². The molecular weight excluding hydrogens is 316 g/mol. The van der Waals surface area contributed by atoms with Crippen LogP contribution >= 0.6 is 15.9 Å². The first-order valence-corrected chi connectivity index (χ1v) is 6.78. The summed E-state index contributed by atoms with van der Waals surface area (Å²) in [6, 6.07) is 4.33. The molecule has 0 amide bonds. The van der Waals surface area contributed by atoms with E-state index in [1.807, 2.05) is 6.92 Å². The lowest BCUT2D eigenvalue weighted by atomic mass is 10.1. The molecule has 0 saturated carbocycles. The van der Waals surface area contributed by atoms with Crippen LogP contribution in [0.5, 0.6) is 0 Å². The Morgan fingerprint density at radius 1 is 1.32 bits per heavy atom. The second kappa shape index (κ2) is 5.84. The van der Waals surface area contributed by atoms with Crippen LogP contribution in [0.25, 0.3) is 0 Å². The fourth-order valence-electron chi connectivity index (χ4n) is 1.89. The third-order valence-corrected chi connectivity index (χ3v) is 3.64. The van der Waals surface area contributed by atoms with E-state index in [0.29, 0.717) is 6.42 Å². The van der Waals surface area contributed by atoms with Gasteiger partial charge in [-0.1, -0.05) is 6.92 Å². The van der Waals surface area contributed by atoms with E-state index in [1.165, 1.54) is 12.1 Å². The summed E-state index contributed by atoms with van der Waals surface area (Å²) in [6.07, 6.45) is 3.46. The van der Waals surface area contributed by atoms with Crippen LogP contribution in [0.2, 0.25) is 0 Å². The van der Waals surface area contributed by atoms with E-state index in [2.05, 4.69) is 15.9 Å². The number of hydrogen-bond acceptors (Lipinski definition) is 1. The highest BCUT2D eigenvalue weighted by atomic mass is 79.9. The van der Waals surface area contributed by atoms with Crippen LogP contribution in [0.15, 0.2) is 35.1 Å². The predicted molar refractivity (Wildman–Crippen MR) is 72.8 cm³/mol. The smallest absolute Gasteiger partial charge is 0.145 e. The zero-order valence-electron chi connectivity index (χ0n) is 10.4. The Hall–Kier alpha value is -1.20. The highest BCUT2D eigenvalue weighted by Crippen LogP contribution is 2.23. The molecule has 102 valence electrons. The van der Waals surface area contributed by atoms with Gasteiger partial charge in [-0.25, -0.2) is 8.78 Å². The minimum absolute atomic E-state index is 0.00233. The molecule has 2 rings (SSSR count). The van der Waals surface area contributed by atoms with Crippen molar-refractivity contribution in [1.29, 1.82) is 0 Å². The van der Waals surface area contributed by atoms with Gasteiger partial charge in [-0.15, -0.1) is 0 Å². The second-order valence-corrected chi connectivity index (χ2v) is 5.22. The summed E-state index contributed by atoms with van der Waals surface area (Å²) in [4.78, 5) is 0. The fraction of sp³-hybridized carbons (Fsp3) is 0.286. The lowest BCUT2D eigenvalue weighted by Gasteiger charge is -2.08. The van der Waals surface area contributed by atoms with E-state index >= 15 is 0 Å². The molecule has 1 N–H and O–H groups in total. The zero-order chi connectivity index (χ0) is 14.0. The molecule has 1 unspecified atom stereocenters. The van der Waals surface area contributed by atoms with Crippen LogP contribution in [0.4, 0.5) is 8.78 Å². The van der Waals surface area contributed by atoms with Gasteiger partial charge in [0.1, 0.15) is 11.6 Å². The highest BCUT2D eigenvalue weighted by Gasteiger charge is 2.13. The van der Waals surface area contributed by atoms with Crippen LogP contribution in [0.3, 0.4) is 0 Å². The van der Waals surface area contributed by atoms with Gasteiger partial charge >= 0.3 is 0 Å². The molecule has 0 spiro atoms. The van der Waals surface area contributed by atoms with Crippen molar-refractivity contribution in [1.82, 2.24) is 4.57 Å². The van der Waals surface area contributed by atoms with Crippen LogP contribution in [0, 0.1) is 11.6 Å². The van der Waals surface area contributed by atoms with Gasteiger partial charge in [0.25, 0.3) is 0 Å². The summed E-state index contributed by atoms with van der Waals surface area (Å²) in [5.41, 5.74) is 0.751. The molecule has 1 aromatic heterocycles. The minimum atomic E-state index is -0.591. The standard InChI is InChI=1S/C14H14BrF2NO/c1-2-13(19)9-5-6-18(7-9)8-10-12(16)4-3-11(15)14(10)17/h3-7,13,19H,2,8H2,1H3. The average molecular weight is 330 g/mol. The highest BCUT2D eigenvalue weighted by molar-refractivity contribution is 9.10. The maximum Gasteiger partial charge on any atom is 0.145 e. The normalized spacial score (nSPS) is 12.7. The fourth-order valence-corrected chi connectivity index (χ4v) is 2.26. The third kappa shape index (κ3) is 3.04. The maximum absolute atomic E-state index is 13.8. The molecule has 0 saturated heterocycles. The van der Waals surface area contributed by atoms with Gasteiger partial charge in [0.05, 0.1) is 17.1 Å². The topological polar surface area (TPSA) is 25.2 Å². The third-order valence-electron chi connectivity index (χ3n) is 3.02. The van der Waals surface area contributed by atoms with Crippen LogP contribution in [-0.4, -0.2) is 9.67 Å². The Labute approximate surface area is 118 Å². The van der Waals surface area contributed by atoms with Gasteiger partial charge in [-0.2, -0.15) is 0 Å². The van der Waals surface area contributed by atoms with E-state index in [9.17, 15) is 13.9 Å². The van der Waals surface area contributed by atoms with E-state index in [0.717, 1.165) is 5.56 Å². The molecule has 0 fully saturated rings. The Morgan fingerprint density at radius 2 is 2.05 bits per heavy atom. The molecular formula is C14H14BrF2NO. The monoisotopic (exact) mass is 329 g/mol. The van der Waals surface area contributed by atoms with Crippen molar-refractivity contribution in [3.8, 4) is 0 Å². The molecule has 5 heteroatoms. The van der Waals surface area contributed by atoms with Crippen molar-refractivity contribution in [2.45, 2.75) is 26.0 Å². The van der Waals surface area contributed by atoms with E-state index in [1.54, 1.807) is 23.0 Å². The number of aromatic nitrogens is 1. The average Bonchev–Trinajstić information content (AvgIpc) is 2.87. The summed E-state index contributed by atoms with van der Waals surface area (Å²) in [6.45, 7) is 1.96. The number of aliphatic hydroxyl groups is 1. The van der Waals surface area contributed by atoms with Gasteiger partial charge in [-0.3, -0.25) is 0 Å². The van der Waals surface area contributed by atoms with E-state index in [4.69, 9.17) is 0 Å². The molecule has 0 aliphatic rings. The molecule has 1 atom stereocenters. The number of nitrogens with zero attached hydrogens (tertiary/aromatic N) is 1. The van der Waals surface area contributed by atoms with Crippen molar-refractivity contribution in [3.63, 3.8) is 0 Å². The van der Waals surface area contributed by atoms with Crippen molar-refractivity contribution < 1.29 is 13.9 Å². The lowest BCUT2D eigenvalue weighted by Crippen LogP contribution is -2.03. The van der Waals surface area contributed by atoms with Crippen LogP contribution in [0.1, 0.15) is 30.6 Å². The van der Waals surface area contributed by atoms with Crippen molar-refractivity contribution >= 4 is 15.9 Å². The first-order valence-electron chi connectivity index (χ1n) is 5.99. The summed E-state index contributed by atoms with van der Waals surface area (Å²) >= 11 is 3.04. The quantitative estimate of drug-likeness (QED) is 0.842. The number of benzene rings is 1. The van der Waals surface area contributed by atoms with Gasteiger partial charge in [0.2, 0.25) is 0 Å². The Balaban J connectivity index is 2.27.